The highest BCUT2D eigenvalue weighted by molar-refractivity contribution is 5.75. The van der Waals surface area contributed by atoms with Crippen LogP contribution in [0.3, 0.4) is 0 Å². The SMILES string of the molecule is N=C(N)N1CCC1CC1CCCCC1. The van der Waals surface area contributed by atoms with Crippen molar-refractivity contribution in [3.8, 4) is 0 Å². The summed E-state index contributed by atoms with van der Waals surface area (Å²) in [4.78, 5) is 2.05. The van der Waals surface area contributed by atoms with Crippen LogP contribution in [0.5, 0.6) is 0 Å². The summed E-state index contributed by atoms with van der Waals surface area (Å²) in [5.41, 5.74) is 5.50. The first-order valence-corrected chi connectivity index (χ1v) is 5.88. The second-order valence-corrected chi connectivity index (χ2v) is 4.76. The summed E-state index contributed by atoms with van der Waals surface area (Å²) in [6.45, 7) is 1.01. The van der Waals surface area contributed by atoms with Crippen LogP contribution in [0.2, 0.25) is 0 Å². The fourth-order valence-corrected chi connectivity index (χ4v) is 2.81. The van der Waals surface area contributed by atoms with E-state index in [2.05, 4.69) is 4.90 Å². The minimum absolute atomic E-state index is 0.275. The Balaban J connectivity index is 1.76. The molecule has 2 rings (SSSR count). The van der Waals surface area contributed by atoms with E-state index in [1.165, 1.54) is 44.9 Å². The maximum absolute atomic E-state index is 7.40. The predicted molar refractivity (Wildman–Crippen MR) is 58.2 cm³/mol. The lowest BCUT2D eigenvalue weighted by atomic mass is 9.82. The van der Waals surface area contributed by atoms with Crippen molar-refractivity contribution in [2.75, 3.05) is 6.54 Å². The van der Waals surface area contributed by atoms with Gasteiger partial charge in [-0.15, -0.1) is 0 Å². The Morgan fingerprint density at radius 1 is 1.21 bits per heavy atom. The van der Waals surface area contributed by atoms with Gasteiger partial charge in [0.15, 0.2) is 5.96 Å². The molecule has 0 aromatic heterocycles. The molecule has 3 nitrogen and oxygen atoms in total. The molecule has 0 aromatic carbocycles. The molecular formula is C11H21N3. The number of hydrogen-bond donors (Lipinski definition) is 2. The number of hydrogen-bond acceptors (Lipinski definition) is 1. The van der Waals surface area contributed by atoms with Crippen molar-refractivity contribution in [3.05, 3.63) is 0 Å². The second-order valence-electron chi connectivity index (χ2n) is 4.76. The highest BCUT2D eigenvalue weighted by Crippen LogP contribution is 2.32. The summed E-state index contributed by atoms with van der Waals surface area (Å²) in [5, 5.41) is 7.40. The molecule has 1 heterocycles. The largest absolute Gasteiger partial charge is 0.370 e. The second kappa shape index (κ2) is 4.20. The van der Waals surface area contributed by atoms with E-state index in [0.717, 1.165) is 12.5 Å². The molecule has 0 radical (unpaired) electrons. The zero-order valence-corrected chi connectivity index (χ0v) is 8.84. The molecule has 1 aliphatic carbocycles. The molecule has 1 saturated carbocycles. The highest BCUT2D eigenvalue weighted by atomic mass is 15.3. The van der Waals surface area contributed by atoms with Crippen molar-refractivity contribution < 1.29 is 0 Å². The Morgan fingerprint density at radius 2 is 1.93 bits per heavy atom. The molecule has 0 bridgehead atoms. The first-order valence-electron chi connectivity index (χ1n) is 5.88. The zero-order chi connectivity index (χ0) is 9.97. The fraction of sp³-hybridized carbons (Fsp3) is 0.909. The van der Waals surface area contributed by atoms with Gasteiger partial charge in [0.2, 0.25) is 0 Å². The molecule has 3 N–H and O–H groups in total. The van der Waals surface area contributed by atoms with E-state index >= 15 is 0 Å². The number of nitrogens with two attached hydrogens (primary N) is 1. The van der Waals surface area contributed by atoms with Crippen LogP contribution in [0.15, 0.2) is 0 Å². The summed E-state index contributed by atoms with van der Waals surface area (Å²) >= 11 is 0. The van der Waals surface area contributed by atoms with Gasteiger partial charge in [0.25, 0.3) is 0 Å². The van der Waals surface area contributed by atoms with Crippen LogP contribution in [-0.4, -0.2) is 23.4 Å². The Hall–Kier alpha value is -0.730. The van der Waals surface area contributed by atoms with E-state index in [1.54, 1.807) is 0 Å². The summed E-state index contributed by atoms with van der Waals surface area (Å²) in [6, 6.07) is 0.593. The average Bonchev–Trinajstić information content (AvgIpc) is 2.13. The van der Waals surface area contributed by atoms with Crippen molar-refractivity contribution >= 4 is 5.96 Å². The number of nitrogens with zero attached hydrogens (tertiary/aromatic N) is 1. The number of rotatable bonds is 2. The van der Waals surface area contributed by atoms with Gasteiger partial charge in [-0.3, -0.25) is 5.41 Å². The van der Waals surface area contributed by atoms with Gasteiger partial charge in [-0.2, -0.15) is 0 Å². The smallest absolute Gasteiger partial charge is 0.188 e. The van der Waals surface area contributed by atoms with E-state index in [9.17, 15) is 0 Å². The van der Waals surface area contributed by atoms with Crippen LogP contribution >= 0.6 is 0 Å². The molecule has 1 atom stereocenters. The van der Waals surface area contributed by atoms with Crippen molar-refractivity contribution in [1.82, 2.24) is 4.90 Å². The lowest BCUT2D eigenvalue weighted by molar-refractivity contribution is 0.137. The van der Waals surface area contributed by atoms with Crippen molar-refractivity contribution in [2.24, 2.45) is 11.7 Å². The third kappa shape index (κ3) is 2.02. The van der Waals surface area contributed by atoms with E-state index in [1.807, 2.05) is 0 Å². The van der Waals surface area contributed by atoms with Crippen LogP contribution < -0.4 is 5.73 Å². The van der Waals surface area contributed by atoms with Crippen molar-refractivity contribution in [3.63, 3.8) is 0 Å². The van der Waals surface area contributed by atoms with Crippen LogP contribution in [-0.2, 0) is 0 Å². The third-order valence-electron chi connectivity index (χ3n) is 3.78. The summed E-state index contributed by atoms with van der Waals surface area (Å²) in [6.07, 6.45) is 9.59. The first kappa shape index (κ1) is 9.81. The third-order valence-corrected chi connectivity index (χ3v) is 3.78. The topological polar surface area (TPSA) is 53.1 Å². The van der Waals surface area contributed by atoms with Crippen molar-refractivity contribution in [2.45, 2.75) is 51.0 Å². The molecule has 0 aromatic rings. The molecular weight excluding hydrogens is 174 g/mol. The molecule has 1 saturated heterocycles. The maximum atomic E-state index is 7.40. The van der Waals surface area contributed by atoms with Crippen LogP contribution in [0.1, 0.15) is 44.9 Å². The van der Waals surface area contributed by atoms with Gasteiger partial charge < -0.3 is 10.6 Å². The molecule has 1 aliphatic heterocycles. The summed E-state index contributed by atoms with van der Waals surface area (Å²) in [7, 11) is 0. The van der Waals surface area contributed by atoms with E-state index < -0.39 is 0 Å². The van der Waals surface area contributed by atoms with Gasteiger partial charge in [0.05, 0.1) is 0 Å². The summed E-state index contributed by atoms with van der Waals surface area (Å²) in [5.74, 6) is 1.19. The van der Waals surface area contributed by atoms with Gasteiger partial charge in [0.1, 0.15) is 0 Å². The quantitative estimate of drug-likeness (QED) is 0.522. The fourth-order valence-electron chi connectivity index (χ4n) is 2.81. The summed E-state index contributed by atoms with van der Waals surface area (Å²) < 4.78 is 0. The molecule has 0 amide bonds. The number of guanidine groups is 1. The van der Waals surface area contributed by atoms with Crippen LogP contribution in [0.4, 0.5) is 0 Å². The lowest BCUT2D eigenvalue weighted by Gasteiger charge is -2.43. The number of likely N-dealkylation sites (tertiary alicyclic amines) is 1. The van der Waals surface area contributed by atoms with E-state index in [4.69, 9.17) is 11.1 Å². The van der Waals surface area contributed by atoms with Crippen LogP contribution in [0.25, 0.3) is 0 Å². The molecule has 2 fully saturated rings. The molecule has 0 spiro atoms. The lowest BCUT2D eigenvalue weighted by Crippen LogP contribution is -2.54. The molecule has 2 aliphatic rings. The van der Waals surface area contributed by atoms with Crippen molar-refractivity contribution in [1.29, 1.82) is 5.41 Å². The normalized spacial score (nSPS) is 28.6. The molecule has 1 unspecified atom stereocenters. The Labute approximate surface area is 86.2 Å². The first-order chi connectivity index (χ1) is 6.77. The Bertz CT molecular complexity index is 209. The van der Waals surface area contributed by atoms with Crippen LogP contribution in [0, 0.1) is 11.3 Å². The van der Waals surface area contributed by atoms with E-state index in [-0.39, 0.29) is 5.96 Å². The predicted octanol–water partition coefficient (Wildman–Crippen LogP) is 1.92. The zero-order valence-electron chi connectivity index (χ0n) is 8.84. The van der Waals surface area contributed by atoms with Gasteiger partial charge in [-0.05, 0) is 18.8 Å². The maximum Gasteiger partial charge on any atom is 0.188 e. The number of nitrogens with one attached hydrogen (secondary N) is 1. The monoisotopic (exact) mass is 195 g/mol. The molecule has 80 valence electrons. The van der Waals surface area contributed by atoms with Gasteiger partial charge >= 0.3 is 0 Å². The van der Waals surface area contributed by atoms with E-state index in [0.29, 0.717) is 6.04 Å². The molecule has 14 heavy (non-hydrogen) atoms. The Morgan fingerprint density at radius 3 is 2.43 bits per heavy atom. The molecule has 3 heteroatoms. The minimum Gasteiger partial charge on any atom is -0.370 e. The average molecular weight is 195 g/mol. The van der Waals surface area contributed by atoms with Gasteiger partial charge in [-0.25, -0.2) is 0 Å². The van der Waals surface area contributed by atoms with Gasteiger partial charge in [-0.1, -0.05) is 32.1 Å². The van der Waals surface area contributed by atoms with Gasteiger partial charge in [0, 0.05) is 12.6 Å². The highest BCUT2D eigenvalue weighted by Gasteiger charge is 2.31. The minimum atomic E-state index is 0.275. The Kier molecular flexibility index (Phi) is 2.94. The standard InChI is InChI=1S/C11H21N3/c12-11(13)14-7-6-10(14)8-9-4-2-1-3-5-9/h9-10H,1-8H2,(H3,12,13).